The maximum atomic E-state index is 12.6. The van der Waals surface area contributed by atoms with Crippen LogP contribution in [0, 0.1) is 25.2 Å². The molecule has 0 unspecified atom stereocenters. The van der Waals surface area contributed by atoms with Gasteiger partial charge < -0.3 is 15.3 Å². The number of rotatable bonds is 7. The van der Waals surface area contributed by atoms with Crippen LogP contribution in [0.3, 0.4) is 0 Å². The van der Waals surface area contributed by atoms with Gasteiger partial charge >= 0.3 is 0 Å². The van der Waals surface area contributed by atoms with Crippen LogP contribution >= 0.6 is 11.8 Å². The van der Waals surface area contributed by atoms with Crippen molar-refractivity contribution in [2.45, 2.75) is 43.0 Å². The molecular formula is C23H22N6O3S2. The number of hydrogen-bond acceptors (Lipinski definition) is 7. The fourth-order valence-corrected chi connectivity index (χ4v) is 5.35. The average molecular weight is 495 g/mol. The lowest BCUT2D eigenvalue weighted by Gasteiger charge is -2.15. The highest BCUT2D eigenvalue weighted by Crippen LogP contribution is 2.27. The van der Waals surface area contributed by atoms with Gasteiger partial charge in [0, 0.05) is 23.6 Å². The highest BCUT2D eigenvalue weighted by molar-refractivity contribution is 7.99. The lowest BCUT2D eigenvalue weighted by Crippen LogP contribution is -2.19. The first-order valence-electron chi connectivity index (χ1n) is 10.5. The number of fused-ring (bicyclic) bond motifs is 1. The van der Waals surface area contributed by atoms with E-state index in [4.69, 9.17) is 0 Å². The predicted molar refractivity (Wildman–Crippen MR) is 127 cm³/mol. The number of hydrogen-bond donors (Lipinski definition) is 1. The second-order valence-electron chi connectivity index (χ2n) is 7.86. The number of nitrogens with zero attached hydrogens (tertiary/aromatic N) is 4. The van der Waals surface area contributed by atoms with Crippen LogP contribution < -0.4 is 10.3 Å². The van der Waals surface area contributed by atoms with Crippen LogP contribution in [0.15, 0.2) is 46.3 Å². The van der Waals surface area contributed by atoms with E-state index in [1.807, 2.05) is 6.07 Å². The molecule has 11 heteroatoms. The maximum Gasteiger partial charge on any atom is 0.257 e. The topological polar surface area (TPSA) is 141 Å². The lowest BCUT2D eigenvalue weighted by molar-refractivity contribution is -0.437. The molecule has 2 aromatic heterocycles. The normalized spacial score (nSPS) is 12.6. The molecule has 0 fully saturated rings. The second kappa shape index (κ2) is 9.79. The third-order valence-corrected chi connectivity index (χ3v) is 7.45. The summed E-state index contributed by atoms with van der Waals surface area (Å²) in [6, 6.07) is 11.5. The first kappa shape index (κ1) is 23.7. The monoisotopic (exact) mass is 494 g/mol. The Hall–Kier alpha value is -3.49. The van der Waals surface area contributed by atoms with Crippen molar-refractivity contribution in [2.75, 3.05) is 11.1 Å². The van der Waals surface area contributed by atoms with E-state index in [1.165, 1.54) is 36.0 Å². The molecule has 1 aromatic carbocycles. The van der Waals surface area contributed by atoms with Crippen molar-refractivity contribution >= 4 is 39.3 Å². The number of amides is 1. The van der Waals surface area contributed by atoms with Gasteiger partial charge in [0.2, 0.25) is 15.9 Å². The maximum absolute atomic E-state index is 12.6. The van der Waals surface area contributed by atoms with E-state index in [1.54, 1.807) is 19.9 Å². The van der Waals surface area contributed by atoms with E-state index in [-0.39, 0.29) is 22.5 Å². The first-order valence-corrected chi connectivity index (χ1v) is 13.0. The van der Waals surface area contributed by atoms with Crippen molar-refractivity contribution in [1.29, 1.82) is 5.26 Å². The number of H-pyrrole nitrogens is 1. The fraction of sp³-hybridized carbons (Fsp3) is 0.261. The van der Waals surface area contributed by atoms with Crippen molar-refractivity contribution < 1.29 is 18.2 Å². The van der Waals surface area contributed by atoms with Gasteiger partial charge in [-0.25, -0.2) is 13.4 Å². The van der Waals surface area contributed by atoms with Crippen LogP contribution in [-0.2, 0) is 27.7 Å². The number of anilines is 1. The zero-order valence-corrected chi connectivity index (χ0v) is 20.3. The molecular weight excluding hydrogens is 472 g/mol. The molecule has 0 aliphatic heterocycles. The van der Waals surface area contributed by atoms with Crippen molar-refractivity contribution in [3.8, 4) is 6.07 Å². The van der Waals surface area contributed by atoms with Crippen LogP contribution in [0.5, 0.6) is 0 Å². The van der Waals surface area contributed by atoms with Crippen molar-refractivity contribution in [2.24, 2.45) is 0 Å². The molecule has 174 valence electrons. The lowest BCUT2D eigenvalue weighted by atomic mass is 10.2. The van der Waals surface area contributed by atoms with E-state index in [9.17, 15) is 18.5 Å². The summed E-state index contributed by atoms with van der Waals surface area (Å²) in [6.45, 7) is 3.47. The minimum absolute atomic E-state index is 0.0333. The van der Waals surface area contributed by atoms with E-state index in [2.05, 4.69) is 31.1 Å². The Morgan fingerprint density at radius 2 is 1.88 bits per heavy atom. The van der Waals surface area contributed by atoms with Gasteiger partial charge in [-0.05, 0) is 80.2 Å². The third kappa shape index (κ3) is 5.52. The molecule has 9 nitrogen and oxygen atoms in total. The van der Waals surface area contributed by atoms with Gasteiger partial charge in [-0.1, -0.05) is 6.07 Å². The van der Waals surface area contributed by atoms with Crippen LogP contribution in [0.4, 0.5) is 11.6 Å². The molecule has 3 aromatic rings. The number of nitrogens with one attached hydrogen (secondary N) is 2. The number of aromatic amines is 1. The van der Waals surface area contributed by atoms with Crippen molar-refractivity contribution in [3.63, 3.8) is 0 Å². The third-order valence-electron chi connectivity index (χ3n) is 5.16. The van der Waals surface area contributed by atoms with E-state index in [0.717, 1.165) is 30.5 Å². The molecule has 0 bridgehead atoms. The number of carbonyl (C=O) groups is 1. The molecule has 0 spiro atoms. The molecule has 34 heavy (non-hydrogen) atoms. The number of aryl methyl sites for hydroxylation is 4. The summed E-state index contributed by atoms with van der Waals surface area (Å²) in [6.07, 6.45) is 2.96. The number of pyridine rings is 1. The number of benzene rings is 1. The molecule has 0 saturated heterocycles. The van der Waals surface area contributed by atoms with Crippen molar-refractivity contribution in [1.82, 2.24) is 9.97 Å². The summed E-state index contributed by atoms with van der Waals surface area (Å²) in [7, 11) is -4.00. The Morgan fingerprint density at radius 3 is 2.56 bits per heavy atom. The summed E-state index contributed by atoms with van der Waals surface area (Å²) >= 11 is 1.26. The van der Waals surface area contributed by atoms with Gasteiger partial charge in [-0.2, -0.15) is 5.26 Å². The molecule has 0 radical (unpaired) electrons. The first-order chi connectivity index (χ1) is 16.2. The van der Waals surface area contributed by atoms with E-state index < -0.39 is 10.0 Å². The van der Waals surface area contributed by atoms with E-state index >= 15 is 0 Å². The van der Waals surface area contributed by atoms with Gasteiger partial charge in [0.25, 0.3) is 5.03 Å². The van der Waals surface area contributed by atoms with Gasteiger partial charge in [0.05, 0.1) is 10.6 Å². The Balaban J connectivity index is 1.38. The highest BCUT2D eigenvalue weighted by Gasteiger charge is 2.23. The Bertz CT molecular complexity index is 1380. The number of carbonyl (C=O) groups excluding carboxylic acids is 1. The minimum Gasteiger partial charge on any atom is -0.363 e. The Kier molecular flexibility index (Phi) is 6.81. The molecule has 1 aliphatic carbocycles. The van der Waals surface area contributed by atoms with E-state index in [0.29, 0.717) is 27.7 Å². The molecule has 4 rings (SSSR count). The second-order valence-corrected chi connectivity index (χ2v) is 10.4. The van der Waals surface area contributed by atoms with Crippen LogP contribution in [-0.4, -0.2) is 30.0 Å². The number of aromatic nitrogens is 3. The highest BCUT2D eigenvalue weighted by atomic mass is 32.2. The number of nitriles is 1. The van der Waals surface area contributed by atoms with Crippen LogP contribution in [0.25, 0.3) is 4.72 Å². The molecule has 0 atom stereocenters. The molecule has 1 amide bonds. The van der Waals surface area contributed by atoms with Crippen LogP contribution in [0.1, 0.15) is 34.6 Å². The average Bonchev–Trinajstić information content (AvgIpc) is 3.23. The Morgan fingerprint density at radius 1 is 1.18 bits per heavy atom. The zero-order chi connectivity index (χ0) is 24.3. The molecule has 2 N–H and O–H groups in total. The zero-order valence-electron chi connectivity index (χ0n) is 18.6. The van der Waals surface area contributed by atoms with Gasteiger partial charge in [0.15, 0.2) is 5.69 Å². The van der Waals surface area contributed by atoms with Crippen molar-refractivity contribution in [3.05, 3.63) is 69.3 Å². The summed E-state index contributed by atoms with van der Waals surface area (Å²) in [5.41, 5.74) is 4.51. The molecule has 0 saturated carbocycles. The molecule has 1 aliphatic rings. The fourth-order valence-electron chi connectivity index (χ4n) is 3.66. The number of sulfonamides is 1. The smallest absolute Gasteiger partial charge is 0.257 e. The summed E-state index contributed by atoms with van der Waals surface area (Å²) in [5.74, 6) is -0.289. The van der Waals surface area contributed by atoms with Crippen LogP contribution in [0.2, 0.25) is 0 Å². The van der Waals surface area contributed by atoms with Gasteiger partial charge in [0.1, 0.15) is 11.6 Å². The predicted octanol–water partition coefficient (Wildman–Crippen LogP) is 3.39. The Labute approximate surface area is 202 Å². The summed E-state index contributed by atoms with van der Waals surface area (Å²) in [4.78, 5) is 23.8. The largest absolute Gasteiger partial charge is 0.363 e. The SMILES string of the molecule is Cc1cc(C)nc([N-]S(=O)(=O)c2ccc(NC(=O)CSc3[nH+]c4c(cc3C#N)CCC4)cc2)n1. The number of thioether (sulfide) groups is 1. The minimum atomic E-state index is -4.00. The van der Waals surface area contributed by atoms with Gasteiger partial charge in [-0.3, -0.25) is 9.52 Å². The molecule has 2 heterocycles. The standard InChI is InChI=1S/C23H22N6O3S2/c1-14-10-15(2)26-23(25-14)29-34(31,32)19-8-6-18(7-9-19)27-21(30)13-33-22-17(12-24)11-16-4-3-5-20(16)28-22/h6-11H,3-5,13H2,1-2H3,(H2,25,26,27,29,30). The summed E-state index contributed by atoms with van der Waals surface area (Å²) < 4.78 is 28.9. The van der Waals surface area contributed by atoms with Gasteiger partial charge in [-0.15, -0.1) is 0 Å². The quantitative estimate of drug-likeness (QED) is 0.496. The summed E-state index contributed by atoms with van der Waals surface area (Å²) in [5, 5.41) is 12.8.